The topological polar surface area (TPSA) is 40.5 Å². The fourth-order valence-electron chi connectivity index (χ4n) is 2.04. The lowest BCUT2D eigenvalue weighted by Gasteiger charge is -2.30. The lowest BCUT2D eigenvalue weighted by atomic mass is 9.79. The Morgan fingerprint density at radius 1 is 1.22 bits per heavy atom. The number of rotatable bonds is 6. The van der Waals surface area contributed by atoms with Gasteiger partial charge >= 0.3 is 0 Å². The van der Waals surface area contributed by atoms with Crippen molar-refractivity contribution in [2.75, 3.05) is 13.2 Å². The number of hydrogen-bond donors (Lipinski definition) is 2. The van der Waals surface area contributed by atoms with E-state index in [0.29, 0.717) is 6.42 Å². The third kappa shape index (κ3) is 3.28. The quantitative estimate of drug-likeness (QED) is 0.790. The van der Waals surface area contributed by atoms with E-state index in [1.165, 1.54) is 12.1 Å². The van der Waals surface area contributed by atoms with Gasteiger partial charge in [-0.25, -0.2) is 8.78 Å². The molecular formula is C13H17BrF2O2. The maximum atomic E-state index is 13.9. The van der Waals surface area contributed by atoms with Crippen molar-refractivity contribution in [1.82, 2.24) is 0 Å². The van der Waals surface area contributed by atoms with Crippen LogP contribution in [0.1, 0.15) is 25.3 Å². The summed E-state index contributed by atoms with van der Waals surface area (Å²) in [5.41, 5.74) is -0.974. The molecule has 0 spiro atoms. The van der Waals surface area contributed by atoms with Crippen LogP contribution in [0.25, 0.3) is 0 Å². The molecule has 2 N–H and O–H groups in total. The van der Waals surface area contributed by atoms with Gasteiger partial charge in [0.2, 0.25) is 0 Å². The van der Waals surface area contributed by atoms with E-state index in [9.17, 15) is 19.0 Å². The molecular weight excluding hydrogens is 306 g/mol. The van der Waals surface area contributed by atoms with Crippen LogP contribution in [-0.4, -0.2) is 23.4 Å². The molecule has 0 aromatic heterocycles. The molecule has 0 heterocycles. The second-order valence-electron chi connectivity index (χ2n) is 4.56. The zero-order chi connectivity index (χ0) is 13.8. The van der Waals surface area contributed by atoms with Crippen molar-refractivity contribution in [3.8, 4) is 0 Å². The lowest BCUT2D eigenvalue weighted by molar-refractivity contribution is 0.0452. The first kappa shape index (κ1) is 15.5. The number of benzene rings is 1. The van der Waals surface area contributed by atoms with Crippen LogP contribution < -0.4 is 0 Å². The Labute approximate surface area is 114 Å². The molecule has 0 saturated heterocycles. The Balaban J connectivity index is 3.11. The first-order chi connectivity index (χ1) is 8.49. The van der Waals surface area contributed by atoms with Crippen LogP contribution in [0, 0.1) is 17.0 Å². The SMILES string of the molecule is CCCC(CO)(CO)Cc1c(F)ccc(Br)c1F. The predicted molar refractivity (Wildman–Crippen MR) is 69.3 cm³/mol. The van der Waals surface area contributed by atoms with Gasteiger partial charge in [0.25, 0.3) is 0 Å². The average Bonchev–Trinajstić information content (AvgIpc) is 2.38. The standard InChI is InChI=1S/C13H17BrF2O2/c1-2-5-13(7-17,8-18)6-9-11(15)4-3-10(14)12(9)16/h3-4,17-18H,2,5-8H2,1H3. The average molecular weight is 323 g/mol. The van der Waals surface area contributed by atoms with Crippen LogP contribution in [0.2, 0.25) is 0 Å². The van der Waals surface area contributed by atoms with E-state index >= 15 is 0 Å². The zero-order valence-electron chi connectivity index (χ0n) is 10.2. The second-order valence-corrected chi connectivity index (χ2v) is 5.42. The molecule has 1 rings (SSSR count). The summed E-state index contributed by atoms with van der Waals surface area (Å²) in [4.78, 5) is 0. The van der Waals surface area contributed by atoms with E-state index in [0.717, 1.165) is 6.42 Å². The largest absolute Gasteiger partial charge is 0.396 e. The van der Waals surface area contributed by atoms with Gasteiger partial charge in [0.05, 0.1) is 17.7 Å². The van der Waals surface area contributed by atoms with E-state index in [1.54, 1.807) is 0 Å². The number of hydrogen-bond acceptors (Lipinski definition) is 2. The van der Waals surface area contributed by atoms with Gasteiger partial charge in [-0.3, -0.25) is 0 Å². The van der Waals surface area contributed by atoms with Crippen LogP contribution in [0.3, 0.4) is 0 Å². The van der Waals surface area contributed by atoms with Crippen molar-refractivity contribution in [2.24, 2.45) is 5.41 Å². The van der Waals surface area contributed by atoms with Crippen LogP contribution in [0.15, 0.2) is 16.6 Å². The molecule has 0 saturated carbocycles. The minimum Gasteiger partial charge on any atom is -0.396 e. The number of halogens is 3. The van der Waals surface area contributed by atoms with E-state index in [4.69, 9.17) is 0 Å². The van der Waals surface area contributed by atoms with Crippen molar-refractivity contribution < 1.29 is 19.0 Å². The summed E-state index contributed by atoms with van der Waals surface area (Å²) in [6, 6.07) is 2.47. The first-order valence-corrected chi connectivity index (χ1v) is 6.63. The van der Waals surface area contributed by atoms with Crippen LogP contribution in [0.5, 0.6) is 0 Å². The highest BCUT2D eigenvalue weighted by Gasteiger charge is 2.31. The maximum Gasteiger partial charge on any atom is 0.143 e. The predicted octanol–water partition coefficient (Wildman–Crippen LogP) is 3.04. The highest BCUT2D eigenvalue weighted by Crippen LogP contribution is 2.32. The molecule has 1 aromatic carbocycles. The summed E-state index contributed by atoms with van der Waals surface area (Å²) in [6.07, 6.45) is 1.20. The minimum absolute atomic E-state index is 0.0229. The molecule has 0 aliphatic rings. The van der Waals surface area contributed by atoms with Gasteiger partial charge in [-0.2, -0.15) is 0 Å². The number of aliphatic hydroxyl groups excluding tert-OH is 2. The fraction of sp³-hybridized carbons (Fsp3) is 0.538. The Kier molecular flexibility index (Phi) is 5.69. The molecule has 5 heteroatoms. The fourth-order valence-corrected chi connectivity index (χ4v) is 2.42. The Hall–Kier alpha value is -0.520. The summed E-state index contributed by atoms with van der Waals surface area (Å²) < 4.78 is 27.7. The van der Waals surface area contributed by atoms with Gasteiger partial charge < -0.3 is 10.2 Å². The summed E-state index contributed by atoms with van der Waals surface area (Å²) in [6.45, 7) is 1.29. The summed E-state index contributed by atoms with van der Waals surface area (Å²) in [7, 11) is 0. The van der Waals surface area contributed by atoms with Gasteiger partial charge in [0.15, 0.2) is 0 Å². The van der Waals surface area contributed by atoms with Crippen molar-refractivity contribution in [1.29, 1.82) is 0 Å². The molecule has 0 aliphatic carbocycles. The summed E-state index contributed by atoms with van der Waals surface area (Å²) in [5.74, 6) is -1.32. The van der Waals surface area contributed by atoms with Gasteiger partial charge in [-0.1, -0.05) is 13.3 Å². The lowest BCUT2D eigenvalue weighted by Crippen LogP contribution is -2.33. The van der Waals surface area contributed by atoms with Gasteiger partial charge in [0, 0.05) is 11.0 Å². The van der Waals surface area contributed by atoms with E-state index in [2.05, 4.69) is 15.9 Å². The van der Waals surface area contributed by atoms with Gasteiger partial charge in [-0.15, -0.1) is 0 Å². The molecule has 1 aromatic rings. The van der Waals surface area contributed by atoms with Gasteiger partial charge in [-0.05, 0) is 40.9 Å². The molecule has 102 valence electrons. The van der Waals surface area contributed by atoms with Crippen molar-refractivity contribution in [2.45, 2.75) is 26.2 Å². The third-order valence-electron chi connectivity index (χ3n) is 3.14. The number of aliphatic hydroxyl groups is 2. The van der Waals surface area contributed by atoms with Crippen LogP contribution in [-0.2, 0) is 6.42 Å². The van der Waals surface area contributed by atoms with Gasteiger partial charge in [0.1, 0.15) is 11.6 Å². The highest BCUT2D eigenvalue weighted by atomic mass is 79.9. The maximum absolute atomic E-state index is 13.9. The molecule has 0 fully saturated rings. The summed E-state index contributed by atoms with van der Waals surface area (Å²) >= 11 is 3.00. The Morgan fingerprint density at radius 3 is 2.33 bits per heavy atom. The van der Waals surface area contributed by atoms with E-state index in [-0.39, 0.29) is 29.7 Å². The minimum atomic E-state index is -0.878. The van der Waals surface area contributed by atoms with Crippen molar-refractivity contribution in [3.05, 3.63) is 33.8 Å². The normalized spacial score (nSPS) is 11.9. The Bertz CT molecular complexity index is 406. The molecule has 2 nitrogen and oxygen atoms in total. The smallest absolute Gasteiger partial charge is 0.143 e. The zero-order valence-corrected chi connectivity index (χ0v) is 11.8. The Morgan fingerprint density at radius 2 is 1.83 bits per heavy atom. The molecule has 0 aliphatic heterocycles. The van der Waals surface area contributed by atoms with Crippen LogP contribution in [0.4, 0.5) is 8.78 Å². The highest BCUT2D eigenvalue weighted by molar-refractivity contribution is 9.10. The molecule has 0 radical (unpaired) electrons. The molecule has 18 heavy (non-hydrogen) atoms. The van der Waals surface area contributed by atoms with Crippen molar-refractivity contribution in [3.63, 3.8) is 0 Å². The van der Waals surface area contributed by atoms with Crippen molar-refractivity contribution >= 4 is 15.9 Å². The van der Waals surface area contributed by atoms with E-state index < -0.39 is 17.0 Å². The molecule has 0 bridgehead atoms. The van der Waals surface area contributed by atoms with Crippen LogP contribution >= 0.6 is 15.9 Å². The first-order valence-electron chi connectivity index (χ1n) is 5.83. The second kappa shape index (κ2) is 6.59. The molecule has 0 amide bonds. The molecule has 0 unspecified atom stereocenters. The summed E-state index contributed by atoms with van der Waals surface area (Å²) in [5, 5.41) is 18.8. The van der Waals surface area contributed by atoms with E-state index in [1.807, 2.05) is 6.92 Å². The molecule has 0 atom stereocenters. The third-order valence-corrected chi connectivity index (χ3v) is 3.75. The monoisotopic (exact) mass is 322 g/mol.